The fraction of sp³-hybridized carbons (Fsp3) is 0.333. The normalized spacial score (nSPS) is 12.0. The van der Waals surface area contributed by atoms with Crippen LogP contribution in [0.15, 0.2) is 59.7 Å². The average Bonchev–Trinajstić information content (AvgIpc) is 3.15. The van der Waals surface area contributed by atoms with E-state index in [1.807, 2.05) is 49.4 Å². The summed E-state index contributed by atoms with van der Waals surface area (Å²) in [6.45, 7) is 6.40. The molecule has 0 bridgehead atoms. The van der Waals surface area contributed by atoms with Crippen molar-refractivity contribution in [2.45, 2.75) is 32.3 Å². The van der Waals surface area contributed by atoms with E-state index < -0.39 is 6.10 Å². The van der Waals surface area contributed by atoms with Crippen LogP contribution >= 0.6 is 0 Å². The zero-order valence-corrected chi connectivity index (χ0v) is 17.0. The molecule has 154 valence electrons. The second-order valence-electron chi connectivity index (χ2n) is 7.01. The van der Waals surface area contributed by atoms with Gasteiger partial charge in [0.2, 0.25) is 0 Å². The molecule has 0 fully saturated rings. The number of hydrogen-bond acceptors (Lipinski definition) is 5. The van der Waals surface area contributed by atoms with Crippen molar-refractivity contribution in [1.82, 2.24) is 0 Å². The first-order valence-corrected chi connectivity index (χ1v) is 9.82. The van der Waals surface area contributed by atoms with Crippen LogP contribution in [0.25, 0.3) is 22.3 Å². The van der Waals surface area contributed by atoms with Crippen molar-refractivity contribution < 1.29 is 23.7 Å². The molecule has 0 aliphatic carbocycles. The van der Waals surface area contributed by atoms with Crippen LogP contribution in [0.2, 0.25) is 0 Å². The van der Waals surface area contributed by atoms with Crippen molar-refractivity contribution in [3.05, 3.63) is 60.9 Å². The number of hydrogen-bond donors (Lipinski definition) is 1. The summed E-state index contributed by atoms with van der Waals surface area (Å²) in [6.07, 6.45) is 3.34. The molecule has 5 heteroatoms. The number of aliphatic hydroxyl groups excluding tert-OH is 1. The van der Waals surface area contributed by atoms with Crippen LogP contribution in [0.4, 0.5) is 0 Å². The Morgan fingerprint density at radius 3 is 2.79 bits per heavy atom. The zero-order chi connectivity index (χ0) is 20.6. The van der Waals surface area contributed by atoms with E-state index >= 15 is 0 Å². The molecule has 1 N–H and O–H groups in total. The fourth-order valence-corrected chi connectivity index (χ4v) is 3.16. The molecule has 0 saturated heterocycles. The number of unbranched alkanes of at least 4 members (excludes halogenated alkanes) is 1. The van der Waals surface area contributed by atoms with E-state index in [1.54, 1.807) is 7.11 Å². The maximum Gasteiger partial charge on any atom is 0.139 e. The minimum atomic E-state index is -0.515. The molecule has 0 amide bonds. The monoisotopic (exact) mass is 396 g/mol. The van der Waals surface area contributed by atoms with Gasteiger partial charge in [-0.25, -0.2) is 0 Å². The Morgan fingerprint density at radius 1 is 1.14 bits per heavy atom. The molecule has 0 radical (unpaired) electrons. The molecule has 3 aromatic rings. The minimum absolute atomic E-state index is 0.243. The van der Waals surface area contributed by atoms with Crippen molar-refractivity contribution in [3.63, 3.8) is 0 Å². The molecule has 0 aliphatic heterocycles. The first-order valence-electron chi connectivity index (χ1n) is 9.82. The third-order valence-corrected chi connectivity index (χ3v) is 4.72. The molecule has 1 unspecified atom stereocenters. The number of methoxy groups -OCH3 is 1. The van der Waals surface area contributed by atoms with Crippen molar-refractivity contribution >= 4 is 11.0 Å². The van der Waals surface area contributed by atoms with Crippen molar-refractivity contribution in [3.8, 4) is 22.8 Å². The molecule has 1 atom stereocenters. The smallest absolute Gasteiger partial charge is 0.139 e. The Labute approximate surface area is 171 Å². The summed E-state index contributed by atoms with van der Waals surface area (Å²) < 4.78 is 22.4. The maximum absolute atomic E-state index is 10.1. The number of furan rings is 1. The van der Waals surface area contributed by atoms with Gasteiger partial charge in [-0.1, -0.05) is 12.6 Å². The fourth-order valence-electron chi connectivity index (χ4n) is 3.16. The van der Waals surface area contributed by atoms with Crippen LogP contribution in [-0.4, -0.2) is 31.5 Å². The molecular weight excluding hydrogens is 368 g/mol. The van der Waals surface area contributed by atoms with E-state index in [0.717, 1.165) is 46.4 Å². The minimum Gasteiger partial charge on any atom is -0.502 e. The SMILES string of the molecule is C=COCCCCC(O)COc1ccc2cc(-c3ccc(C)cc3OC)oc2c1. The molecular formula is C24H28O5. The summed E-state index contributed by atoms with van der Waals surface area (Å²) in [4.78, 5) is 0. The zero-order valence-electron chi connectivity index (χ0n) is 17.0. The van der Waals surface area contributed by atoms with Gasteiger partial charge in [-0.15, -0.1) is 0 Å². The van der Waals surface area contributed by atoms with Crippen molar-refractivity contribution in [1.29, 1.82) is 0 Å². The van der Waals surface area contributed by atoms with Gasteiger partial charge in [-0.2, -0.15) is 0 Å². The van der Waals surface area contributed by atoms with Gasteiger partial charge in [-0.05, 0) is 62.1 Å². The Hall–Kier alpha value is -2.92. The Bertz CT molecular complexity index is 944. The number of ether oxygens (including phenoxy) is 3. The molecule has 0 aliphatic rings. The van der Waals surface area contributed by atoms with Gasteiger partial charge < -0.3 is 23.7 Å². The quantitative estimate of drug-likeness (QED) is 0.343. The maximum atomic E-state index is 10.1. The number of fused-ring (bicyclic) bond motifs is 1. The van der Waals surface area contributed by atoms with E-state index in [0.29, 0.717) is 18.8 Å². The van der Waals surface area contributed by atoms with Crippen LogP contribution in [0.1, 0.15) is 24.8 Å². The summed E-state index contributed by atoms with van der Waals surface area (Å²) in [7, 11) is 1.66. The number of aliphatic hydroxyl groups is 1. The van der Waals surface area contributed by atoms with Gasteiger partial charge in [0, 0.05) is 11.5 Å². The topological polar surface area (TPSA) is 61.1 Å². The lowest BCUT2D eigenvalue weighted by atomic mass is 10.1. The van der Waals surface area contributed by atoms with Crippen LogP contribution in [0.5, 0.6) is 11.5 Å². The predicted octanol–water partition coefficient (Wildman–Crippen LogP) is 5.49. The lowest BCUT2D eigenvalue weighted by Crippen LogP contribution is -2.17. The Balaban J connectivity index is 1.63. The molecule has 1 aromatic heterocycles. The summed E-state index contributed by atoms with van der Waals surface area (Å²) >= 11 is 0. The molecule has 0 spiro atoms. The highest BCUT2D eigenvalue weighted by Gasteiger charge is 2.13. The second-order valence-corrected chi connectivity index (χ2v) is 7.01. The van der Waals surface area contributed by atoms with Crippen LogP contribution in [0.3, 0.4) is 0 Å². The second kappa shape index (κ2) is 10.0. The highest BCUT2D eigenvalue weighted by molar-refractivity contribution is 5.85. The van der Waals surface area contributed by atoms with Gasteiger partial charge in [0.05, 0.1) is 31.6 Å². The van der Waals surface area contributed by atoms with Gasteiger partial charge in [-0.3, -0.25) is 0 Å². The molecule has 0 saturated carbocycles. The van der Waals surface area contributed by atoms with Gasteiger partial charge in [0.1, 0.15) is 29.4 Å². The van der Waals surface area contributed by atoms with Crippen LogP contribution < -0.4 is 9.47 Å². The third-order valence-electron chi connectivity index (χ3n) is 4.72. The number of rotatable bonds is 11. The van der Waals surface area contributed by atoms with Gasteiger partial charge in [0.25, 0.3) is 0 Å². The number of benzene rings is 2. The summed E-state index contributed by atoms with van der Waals surface area (Å²) in [6, 6.07) is 13.7. The van der Waals surface area contributed by atoms with E-state index in [9.17, 15) is 5.11 Å². The first kappa shape index (κ1) is 20.8. The lowest BCUT2D eigenvalue weighted by Gasteiger charge is -2.12. The summed E-state index contributed by atoms with van der Waals surface area (Å²) in [5, 5.41) is 11.1. The predicted molar refractivity (Wildman–Crippen MR) is 114 cm³/mol. The van der Waals surface area contributed by atoms with E-state index in [2.05, 4.69) is 6.58 Å². The highest BCUT2D eigenvalue weighted by atomic mass is 16.5. The van der Waals surface area contributed by atoms with Gasteiger partial charge in [0.15, 0.2) is 0 Å². The van der Waals surface area contributed by atoms with Crippen molar-refractivity contribution in [2.24, 2.45) is 0 Å². The summed E-state index contributed by atoms with van der Waals surface area (Å²) in [5.41, 5.74) is 2.77. The van der Waals surface area contributed by atoms with Crippen molar-refractivity contribution in [2.75, 3.05) is 20.3 Å². The van der Waals surface area contributed by atoms with Gasteiger partial charge >= 0.3 is 0 Å². The number of aryl methyl sites for hydroxylation is 1. The Kier molecular flexibility index (Phi) is 7.19. The molecule has 2 aromatic carbocycles. The lowest BCUT2D eigenvalue weighted by molar-refractivity contribution is 0.0956. The van der Waals surface area contributed by atoms with Crippen LogP contribution in [-0.2, 0) is 4.74 Å². The van der Waals surface area contributed by atoms with E-state index in [4.69, 9.17) is 18.6 Å². The third kappa shape index (κ3) is 5.55. The Morgan fingerprint density at radius 2 is 2.00 bits per heavy atom. The van der Waals surface area contributed by atoms with E-state index in [-0.39, 0.29) is 6.61 Å². The average molecular weight is 396 g/mol. The van der Waals surface area contributed by atoms with Crippen LogP contribution in [0, 0.1) is 6.92 Å². The first-order chi connectivity index (χ1) is 14.1. The molecule has 5 nitrogen and oxygen atoms in total. The highest BCUT2D eigenvalue weighted by Crippen LogP contribution is 2.35. The summed E-state index contributed by atoms with van der Waals surface area (Å²) in [5.74, 6) is 2.20. The molecule has 29 heavy (non-hydrogen) atoms. The van der Waals surface area contributed by atoms with E-state index in [1.165, 1.54) is 6.26 Å². The molecule has 1 heterocycles. The molecule has 3 rings (SSSR count). The standard InChI is InChI=1S/C24H28O5/c1-4-27-12-6-5-7-19(25)16-28-20-10-9-18-14-24(29-22(18)15-20)21-11-8-17(2)13-23(21)26-3/h4,8-11,13-15,19,25H,1,5-7,12,16H2,2-3H3. The largest absolute Gasteiger partial charge is 0.502 e.